The summed E-state index contributed by atoms with van der Waals surface area (Å²) in [5.41, 5.74) is -0.00243. The predicted molar refractivity (Wildman–Crippen MR) is 95.6 cm³/mol. The quantitative estimate of drug-likeness (QED) is 0.850. The Hall–Kier alpha value is -1.64. The van der Waals surface area contributed by atoms with Crippen molar-refractivity contribution in [1.29, 1.82) is 0 Å². The maximum absolute atomic E-state index is 12.8. The minimum absolute atomic E-state index is 0.0782. The Morgan fingerprint density at radius 1 is 1.33 bits per heavy atom. The Kier molecular flexibility index (Phi) is 5.22. The van der Waals surface area contributed by atoms with Crippen molar-refractivity contribution in [2.75, 3.05) is 7.05 Å². The van der Waals surface area contributed by atoms with Crippen molar-refractivity contribution in [2.45, 2.75) is 31.7 Å². The van der Waals surface area contributed by atoms with Crippen LogP contribution in [0.3, 0.4) is 0 Å². The Morgan fingerprint density at radius 3 is 2.50 bits per heavy atom. The molecule has 0 aliphatic carbocycles. The van der Waals surface area contributed by atoms with E-state index in [1.165, 1.54) is 35.2 Å². The third kappa shape index (κ3) is 3.88. The van der Waals surface area contributed by atoms with E-state index in [0.717, 1.165) is 4.88 Å². The molecule has 6 nitrogen and oxygen atoms in total. The van der Waals surface area contributed by atoms with Gasteiger partial charge in [-0.1, -0.05) is 26.8 Å². The molecule has 0 aromatic carbocycles. The summed E-state index contributed by atoms with van der Waals surface area (Å²) in [5, 5.41) is 4.43. The average Bonchev–Trinajstić information content (AvgIpc) is 3.12. The number of aryl methyl sites for hydroxylation is 1. The van der Waals surface area contributed by atoms with Crippen LogP contribution in [0.15, 0.2) is 34.7 Å². The Bertz CT molecular complexity index is 815. The Balaban J connectivity index is 2.38. The van der Waals surface area contributed by atoms with Gasteiger partial charge in [-0.2, -0.15) is 0 Å². The number of rotatable bonds is 5. The van der Waals surface area contributed by atoms with E-state index in [-0.39, 0.29) is 22.3 Å². The first-order valence-electron chi connectivity index (χ1n) is 7.50. The van der Waals surface area contributed by atoms with Gasteiger partial charge >= 0.3 is 0 Å². The summed E-state index contributed by atoms with van der Waals surface area (Å²) in [4.78, 5) is 12.8. The van der Waals surface area contributed by atoms with Gasteiger partial charge < -0.3 is 9.88 Å². The molecule has 0 saturated heterocycles. The van der Waals surface area contributed by atoms with Gasteiger partial charge in [0, 0.05) is 25.2 Å². The van der Waals surface area contributed by atoms with Gasteiger partial charge in [-0.3, -0.25) is 4.79 Å². The highest BCUT2D eigenvalue weighted by atomic mass is 32.2. The second-order valence-electron chi connectivity index (χ2n) is 6.69. The molecule has 1 amide bonds. The third-order valence-corrected chi connectivity index (χ3v) is 6.04. The first-order chi connectivity index (χ1) is 11.1. The lowest BCUT2D eigenvalue weighted by Gasteiger charge is -2.30. The van der Waals surface area contributed by atoms with E-state index < -0.39 is 10.0 Å². The maximum atomic E-state index is 12.8. The fourth-order valence-corrected chi connectivity index (χ4v) is 4.96. The number of nitrogens with zero attached hydrogens (tertiary/aromatic N) is 1. The minimum atomic E-state index is -3.76. The van der Waals surface area contributed by atoms with Gasteiger partial charge in [0.05, 0.1) is 6.04 Å². The zero-order chi connectivity index (χ0) is 18.1. The summed E-state index contributed by atoms with van der Waals surface area (Å²) < 4.78 is 29.9. The average molecular weight is 370 g/mol. The van der Waals surface area contributed by atoms with Crippen LogP contribution in [0.2, 0.25) is 0 Å². The summed E-state index contributed by atoms with van der Waals surface area (Å²) >= 11 is 1.51. The van der Waals surface area contributed by atoms with Gasteiger partial charge in [-0.05, 0) is 22.9 Å². The Morgan fingerprint density at radius 2 is 2.00 bits per heavy atom. The molecule has 2 aromatic rings. The number of hydrogen-bond acceptors (Lipinski definition) is 4. The number of amides is 1. The zero-order valence-corrected chi connectivity index (χ0v) is 16.1. The molecular weight excluding hydrogens is 346 g/mol. The van der Waals surface area contributed by atoms with Crippen LogP contribution >= 0.6 is 11.3 Å². The number of hydrogen-bond donors (Lipinski definition) is 2. The van der Waals surface area contributed by atoms with Crippen LogP contribution in [0.1, 0.15) is 42.2 Å². The lowest BCUT2D eigenvalue weighted by molar-refractivity contribution is 0.0955. The van der Waals surface area contributed by atoms with Gasteiger partial charge in [0.1, 0.15) is 10.6 Å². The van der Waals surface area contributed by atoms with Crippen molar-refractivity contribution in [3.8, 4) is 0 Å². The first-order valence-corrected chi connectivity index (χ1v) is 9.86. The van der Waals surface area contributed by atoms with E-state index in [9.17, 15) is 13.2 Å². The Labute approximate surface area is 146 Å². The molecule has 2 rings (SSSR count). The summed E-state index contributed by atoms with van der Waals surface area (Å²) in [5.74, 6) is -0.329. The molecule has 8 heteroatoms. The van der Waals surface area contributed by atoms with E-state index in [2.05, 4.69) is 10.0 Å². The third-order valence-electron chi connectivity index (χ3n) is 3.72. The van der Waals surface area contributed by atoms with Crippen molar-refractivity contribution in [2.24, 2.45) is 12.5 Å². The molecule has 0 fully saturated rings. The van der Waals surface area contributed by atoms with Crippen LogP contribution in [0.25, 0.3) is 0 Å². The van der Waals surface area contributed by atoms with E-state index in [0.29, 0.717) is 5.69 Å². The first kappa shape index (κ1) is 18.7. The second kappa shape index (κ2) is 6.70. The molecular formula is C16H23N3O3S2. The topological polar surface area (TPSA) is 80.2 Å². The van der Waals surface area contributed by atoms with Gasteiger partial charge in [0.25, 0.3) is 5.91 Å². The number of thiophene rings is 1. The van der Waals surface area contributed by atoms with Crippen LogP contribution in [-0.2, 0) is 17.1 Å². The molecule has 1 atom stereocenters. The van der Waals surface area contributed by atoms with E-state index in [4.69, 9.17) is 0 Å². The highest BCUT2D eigenvalue weighted by molar-refractivity contribution is 7.89. The maximum Gasteiger partial charge on any atom is 0.267 e. The molecule has 24 heavy (non-hydrogen) atoms. The normalized spacial score (nSPS) is 13.7. The molecule has 132 valence electrons. The standard InChI is InChI=1S/C16H23N3O3S2/c1-16(2,3)14(13-7-6-8-23-13)18-24(21,22)11-9-12(15(20)17-4)19(5)10-11/h6-10,14,18H,1-5H3,(H,17,20). The molecule has 2 N–H and O–H groups in total. The van der Waals surface area contributed by atoms with Crippen LogP contribution in [0.4, 0.5) is 0 Å². The highest BCUT2D eigenvalue weighted by Gasteiger charge is 2.32. The number of carbonyl (C=O) groups excluding carboxylic acids is 1. The smallest absolute Gasteiger partial charge is 0.267 e. The van der Waals surface area contributed by atoms with Crippen molar-refractivity contribution >= 4 is 27.3 Å². The number of sulfonamides is 1. The zero-order valence-electron chi connectivity index (χ0n) is 14.5. The van der Waals surface area contributed by atoms with Crippen LogP contribution in [0.5, 0.6) is 0 Å². The summed E-state index contributed by atoms with van der Waals surface area (Å²) in [7, 11) is -0.605. The predicted octanol–water partition coefficient (Wildman–Crippen LogP) is 2.51. The fourth-order valence-electron chi connectivity index (χ4n) is 2.38. The number of carbonyl (C=O) groups is 1. The number of nitrogens with one attached hydrogen (secondary N) is 2. The van der Waals surface area contributed by atoms with Gasteiger partial charge in [-0.25, -0.2) is 13.1 Å². The molecule has 0 bridgehead atoms. The molecule has 2 heterocycles. The van der Waals surface area contributed by atoms with Crippen molar-refractivity contribution in [3.63, 3.8) is 0 Å². The molecule has 0 aliphatic heterocycles. The van der Waals surface area contributed by atoms with Gasteiger partial charge in [-0.15, -0.1) is 11.3 Å². The molecule has 1 unspecified atom stereocenters. The SMILES string of the molecule is CNC(=O)c1cc(S(=O)(=O)NC(c2cccs2)C(C)(C)C)cn1C. The van der Waals surface area contributed by atoms with Gasteiger partial charge in [0.15, 0.2) is 0 Å². The van der Waals surface area contributed by atoms with Crippen LogP contribution in [0, 0.1) is 5.41 Å². The van der Waals surface area contributed by atoms with E-state index in [1.54, 1.807) is 7.05 Å². The van der Waals surface area contributed by atoms with Crippen molar-refractivity contribution < 1.29 is 13.2 Å². The monoisotopic (exact) mass is 369 g/mol. The molecule has 2 aromatic heterocycles. The van der Waals surface area contributed by atoms with Gasteiger partial charge in [0.2, 0.25) is 10.0 Å². The fraction of sp³-hybridized carbons (Fsp3) is 0.438. The molecule has 0 aliphatic rings. The summed E-state index contributed by atoms with van der Waals surface area (Å²) in [6, 6.07) is 4.85. The molecule has 0 spiro atoms. The lowest BCUT2D eigenvalue weighted by atomic mass is 9.86. The molecule has 0 saturated carbocycles. The van der Waals surface area contributed by atoms with E-state index >= 15 is 0 Å². The summed E-state index contributed by atoms with van der Waals surface area (Å²) in [6.07, 6.45) is 1.45. The van der Waals surface area contributed by atoms with Crippen molar-refractivity contribution in [1.82, 2.24) is 14.6 Å². The largest absolute Gasteiger partial charge is 0.354 e. The lowest BCUT2D eigenvalue weighted by Crippen LogP contribution is -2.36. The minimum Gasteiger partial charge on any atom is -0.354 e. The molecule has 0 radical (unpaired) electrons. The second-order valence-corrected chi connectivity index (χ2v) is 9.38. The summed E-state index contributed by atoms with van der Waals surface area (Å²) in [6.45, 7) is 5.96. The van der Waals surface area contributed by atoms with Crippen LogP contribution in [-0.4, -0.2) is 25.9 Å². The van der Waals surface area contributed by atoms with E-state index in [1.807, 2.05) is 38.3 Å². The van der Waals surface area contributed by atoms with Crippen molar-refractivity contribution in [3.05, 3.63) is 40.3 Å². The number of aromatic nitrogens is 1. The van der Waals surface area contributed by atoms with Crippen LogP contribution < -0.4 is 10.0 Å². The highest BCUT2D eigenvalue weighted by Crippen LogP contribution is 2.36.